The summed E-state index contributed by atoms with van der Waals surface area (Å²) >= 11 is 0. The second kappa shape index (κ2) is 7.49. The number of rotatable bonds is 6. The number of ether oxygens (including phenoxy) is 1. The highest BCUT2D eigenvalue weighted by Gasteiger charge is 2.40. The Morgan fingerprint density at radius 3 is 2.64 bits per heavy atom. The lowest BCUT2D eigenvalue weighted by molar-refractivity contribution is -0.125. The SMILES string of the molecule is COCCNC(=O)C1c2ccccc2C(=O)N1Cc1ccccc1C. The lowest BCUT2D eigenvalue weighted by Gasteiger charge is -2.25. The highest BCUT2D eigenvalue weighted by molar-refractivity contribution is 6.04. The molecule has 1 aliphatic rings. The molecule has 0 radical (unpaired) electrons. The fraction of sp³-hybridized carbons (Fsp3) is 0.300. The molecular formula is C20H22N2O3. The quantitative estimate of drug-likeness (QED) is 0.823. The molecule has 5 nitrogen and oxygen atoms in total. The Morgan fingerprint density at radius 1 is 1.16 bits per heavy atom. The summed E-state index contributed by atoms with van der Waals surface area (Å²) in [6.07, 6.45) is 0. The number of hydrogen-bond donors (Lipinski definition) is 1. The molecule has 0 aliphatic carbocycles. The van der Waals surface area contributed by atoms with E-state index in [1.165, 1.54) is 0 Å². The van der Waals surface area contributed by atoms with Gasteiger partial charge in [0.2, 0.25) is 5.91 Å². The molecule has 1 unspecified atom stereocenters. The number of aryl methyl sites for hydroxylation is 1. The van der Waals surface area contributed by atoms with Gasteiger partial charge in [0.1, 0.15) is 6.04 Å². The van der Waals surface area contributed by atoms with E-state index < -0.39 is 6.04 Å². The van der Waals surface area contributed by atoms with E-state index in [-0.39, 0.29) is 11.8 Å². The number of fused-ring (bicyclic) bond motifs is 1. The fourth-order valence-corrected chi connectivity index (χ4v) is 3.16. The molecule has 1 atom stereocenters. The number of benzene rings is 2. The standard InChI is InChI=1S/C20H22N2O3/c1-14-7-3-4-8-15(14)13-22-18(19(23)21-11-12-25-2)16-9-5-6-10-17(16)20(22)24/h3-10,18H,11-13H2,1-2H3,(H,21,23). The van der Waals surface area contributed by atoms with Crippen LogP contribution in [-0.2, 0) is 16.1 Å². The lowest BCUT2D eigenvalue weighted by atomic mass is 10.0. The summed E-state index contributed by atoms with van der Waals surface area (Å²) in [6.45, 7) is 3.27. The van der Waals surface area contributed by atoms with Gasteiger partial charge in [-0.05, 0) is 29.7 Å². The molecule has 1 heterocycles. The maximum absolute atomic E-state index is 12.9. The maximum Gasteiger partial charge on any atom is 0.255 e. The first-order valence-electron chi connectivity index (χ1n) is 8.34. The van der Waals surface area contributed by atoms with Crippen LogP contribution in [0.1, 0.15) is 33.1 Å². The van der Waals surface area contributed by atoms with Crippen molar-refractivity contribution in [3.63, 3.8) is 0 Å². The maximum atomic E-state index is 12.9. The lowest BCUT2D eigenvalue weighted by Crippen LogP contribution is -2.40. The summed E-state index contributed by atoms with van der Waals surface area (Å²) in [6, 6.07) is 14.6. The van der Waals surface area contributed by atoms with Gasteiger partial charge in [0.15, 0.2) is 0 Å². The highest BCUT2D eigenvalue weighted by atomic mass is 16.5. The third-order valence-corrected chi connectivity index (χ3v) is 4.51. The van der Waals surface area contributed by atoms with Crippen molar-refractivity contribution in [1.82, 2.24) is 10.2 Å². The molecule has 5 heteroatoms. The molecule has 25 heavy (non-hydrogen) atoms. The first-order chi connectivity index (χ1) is 12.1. The summed E-state index contributed by atoms with van der Waals surface area (Å²) in [5, 5.41) is 2.86. The van der Waals surface area contributed by atoms with Crippen LogP contribution in [0.5, 0.6) is 0 Å². The Bertz CT molecular complexity index is 788. The van der Waals surface area contributed by atoms with Crippen LogP contribution < -0.4 is 5.32 Å². The molecule has 130 valence electrons. The summed E-state index contributed by atoms with van der Waals surface area (Å²) in [7, 11) is 1.59. The van der Waals surface area contributed by atoms with Gasteiger partial charge in [-0.2, -0.15) is 0 Å². The van der Waals surface area contributed by atoms with Crippen molar-refractivity contribution in [1.29, 1.82) is 0 Å². The Balaban J connectivity index is 1.90. The summed E-state index contributed by atoms with van der Waals surface area (Å²) < 4.78 is 4.99. The zero-order valence-electron chi connectivity index (χ0n) is 14.5. The van der Waals surface area contributed by atoms with E-state index in [2.05, 4.69) is 5.32 Å². The number of carbonyl (C=O) groups excluding carboxylic acids is 2. The minimum atomic E-state index is -0.611. The molecule has 0 saturated carbocycles. The Labute approximate surface area is 147 Å². The predicted molar refractivity (Wildman–Crippen MR) is 95.1 cm³/mol. The number of amides is 2. The van der Waals surface area contributed by atoms with E-state index in [0.29, 0.717) is 25.3 Å². The minimum Gasteiger partial charge on any atom is -0.383 e. The van der Waals surface area contributed by atoms with Gasteiger partial charge in [-0.1, -0.05) is 42.5 Å². The number of nitrogens with zero attached hydrogens (tertiary/aromatic N) is 1. The smallest absolute Gasteiger partial charge is 0.255 e. The van der Waals surface area contributed by atoms with Crippen molar-refractivity contribution >= 4 is 11.8 Å². The number of methoxy groups -OCH3 is 1. The fourth-order valence-electron chi connectivity index (χ4n) is 3.16. The van der Waals surface area contributed by atoms with Gasteiger partial charge in [0, 0.05) is 25.8 Å². The predicted octanol–water partition coefficient (Wildman–Crippen LogP) is 2.45. The molecular weight excluding hydrogens is 316 g/mol. The zero-order valence-corrected chi connectivity index (χ0v) is 14.5. The summed E-state index contributed by atoms with van der Waals surface area (Å²) in [4.78, 5) is 27.3. The Hall–Kier alpha value is -2.66. The third kappa shape index (κ3) is 3.42. The van der Waals surface area contributed by atoms with E-state index in [9.17, 15) is 9.59 Å². The molecule has 0 saturated heterocycles. The first-order valence-corrected chi connectivity index (χ1v) is 8.34. The van der Waals surface area contributed by atoms with Crippen LogP contribution in [0, 0.1) is 6.92 Å². The van der Waals surface area contributed by atoms with Gasteiger partial charge in [-0.3, -0.25) is 9.59 Å². The van der Waals surface area contributed by atoms with Crippen LogP contribution in [0.3, 0.4) is 0 Å². The van der Waals surface area contributed by atoms with Crippen LogP contribution in [-0.4, -0.2) is 37.0 Å². The van der Waals surface area contributed by atoms with E-state index in [4.69, 9.17) is 4.74 Å². The van der Waals surface area contributed by atoms with Crippen LogP contribution in [0.2, 0.25) is 0 Å². The van der Waals surface area contributed by atoms with E-state index >= 15 is 0 Å². The van der Waals surface area contributed by atoms with Crippen molar-refractivity contribution in [2.24, 2.45) is 0 Å². The molecule has 0 spiro atoms. The Morgan fingerprint density at radius 2 is 1.88 bits per heavy atom. The van der Waals surface area contributed by atoms with Gasteiger partial charge in [-0.25, -0.2) is 0 Å². The average molecular weight is 338 g/mol. The topological polar surface area (TPSA) is 58.6 Å². The number of nitrogens with one attached hydrogen (secondary N) is 1. The molecule has 0 bridgehead atoms. The van der Waals surface area contributed by atoms with Crippen LogP contribution >= 0.6 is 0 Å². The summed E-state index contributed by atoms with van der Waals surface area (Å²) in [5.74, 6) is -0.283. The molecule has 0 fully saturated rings. The third-order valence-electron chi connectivity index (χ3n) is 4.51. The first kappa shape index (κ1) is 17.2. The van der Waals surface area contributed by atoms with E-state index in [1.807, 2.05) is 49.4 Å². The minimum absolute atomic E-state index is 0.106. The number of carbonyl (C=O) groups is 2. The molecule has 1 N–H and O–H groups in total. The second-order valence-corrected chi connectivity index (χ2v) is 6.13. The van der Waals surface area contributed by atoms with Crippen molar-refractivity contribution in [3.05, 3.63) is 70.8 Å². The molecule has 0 aromatic heterocycles. The zero-order chi connectivity index (χ0) is 17.8. The largest absolute Gasteiger partial charge is 0.383 e. The van der Waals surface area contributed by atoms with Crippen molar-refractivity contribution in [2.75, 3.05) is 20.3 Å². The van der Waals surface area contributed by atoms with E-state index in [1.54, 1.807) is 18.1 Å². The molecule has 2 aromatic rings. The van der Waals surface area contributed by atoms with Crippen LogP contribution in [0.25, 0.3) is 0 Å². The van der Waals surface area contributed by atoms with E-state index in [0.717, 1.165) is 16.7 Å². The summed E-state index contributed by atoms with van der Waals surface area (Å²) in [5.41, 5.74) is 3.50. The van der Waals surface area contributed by atoms with Gasteiger partial charge in [-0.15, -0.1) is 0 Å². The van der Waals surface area contributed by atoms with Gasteiger partial charge in [0.25, 0.3) is 5.91 Å². The van der Waals surface area contributed by atoms with Crippen LogP contribution in [0.15, 0.2) is 48.5 Å². The molecule has 2 aromatic carbocycles. The monoisotopic (exact) mass is 338 g/mol. The molecule has 2 amide bonds. The van der Waals surface area contributed by atoms with Crippen molar-refractivity contribution in [3.8, 4) is 0 Å². The highest BCUT2D eigenvalue weighted by Crippen LogP contribution is 2.35. The molecule has 1 aliphatic heterocycles. The van der Waals surface area contributed by atoms with Crippen LogP contribution in [0.4, 0.5) is 0 Å². The number of hydrogen-bond acceptors (Lipinski definition) is 3. The average Bonchev–Trinajstić information content (AvgIpc) is 2.90. The van der Waals surface area contributed by atoms with Gasteiger partial charge in [0.05, 0.1) is 6.61 Å². The second-order valence-electron chi connectivity index (χ2n) is 6.13. The normalized spacial score (nSPS) is 16.0. The molecule has 3 rings (SSSR count). The van der Waals surface area contributed by atoms with Gasteiger partial charge < -0.3 is 15.0 Å². The van der Waals surface area contributed by atoms with Crippen molar-refractivity contribution in [2.45, 2.75) is 19.5 Å². The van der Waals surface area contributed by atoms with Crippen molar-refractivity contribution < 1.29 is 14.3 Å². The van der Waals surface area contributed by atoms with Gasteiger partial charge >= 0.3 is 0 Å². The Kier molecular flexibility index (Phi) is 5.14.